The molecule has 3 heterocycles. The molecule has 6 rings (SSSR count). The van der Waals surface area contributed by atoms with Gasteiger partial charge in [0.2, 0.25) is 5.52 Å². The molecule has 3 heteroatoms. The first-order valence-corrected chi connectivity index (χ1v) is 14.3. The Kier molecular flexibility index (Phi) is 3.35. The van der Waals surface area contributed by atoms with Gasteiger partial charge in [0.15, 0.2) is 6.20 Å². The number of hydrogen-bond donors (Lipinski definition) is 0. The fraction of sp³-hybridized carbons (Fsp3) is 0.222. The van der Waals surface area contributed by atoms with E-state index in [1.165, 1.54) is 65.3 Å². The number of pyridine rings is 2. The number of hydrogen-bond acceptors (Lipinski definition) is 0. The molecule has 6 aromatic rings. The van der Waals surface area contributed by atoms with Crippen molar-refractivity contribution in [2.45, 2.75) is 33.5 Å². The summed E-state index contributed by atoms with van der Waals surface area (Å²) in [6, 6.07) is 18.8. The maximum Gasteiger partial charge on any atom is 0.224 e. The molecule has 0 fully saturated rings. The van der Waals surface area contributed by atoms with Gasteiger partial charge in [0.05, 0.1) is 35.4 Å². The molecule has 0 unspecified atom stereocenters. The second-order valence-corrected chi connectivity index (χ2v) is 15.1. The Morgan fingerprint density at radius 3 is 2.37 bits per heavy atom. The Balaban J connectivity index is 2.06. The molecule has 2 nitrogen and oxygen atoms in total. The molecular weight excluding hydrogens is 380 g/mol. The van der Waals surface area contributed by atoms with Crippen LogP contribution < -0.4 is 9.75 Å². The molecule has 0 N–H and O–H groups in total. The van der Waals surface area contributed by atoms with Crippen molar-refractivity contribution in [3.63, 3.8) is 0 Å². The minimum absolute atomic E-state index is 1.31. The van der Waals surface area contributed by atoms with E-state index < -0.39 is 8.07 Å². The van der Waals surface area contributed by atoms with E-state index in [1.807, 2.05) is 0 Å². The van der Waals surface area contributed by atoms with Crippen LogP contribution in [0.5, 0.6) is 0 Å². The van der Waals surface area contributed by atoms with Crippen molar-refractivity contribution >= 4 is 62.3 Å². The van der Waals surface area contributed by atoms with Gasteiger partial charge in [-0.15, -0.1) is 0 Å². The summed E-state index contributed by atoms with van der Waals surface area (Å²) in [5, 5.41) is 8.34. The number of rotatable bonds is 1. The molecular formula is C27H27N2Si+. The third kappa shape index (κ3) is 2.16. The lowest BCUT2D eigenvalue weighted by atomic mass is 10.00. The van der Waals surface area contributed by atoms with Crippen LogP contribution in [0, 0.1) is 13.8 Å². The van der Waals surface area contributed by atoms with Gasteiger partial charge < -0.3 is 4.40 Å². The van der Waals surface area contributed by atoms with E-state index >= 15 is 0 Å². The van der Waals surface area contributed by atoms with Crippen molar-refractivity contribution in [1.29, 1.82) is 0 Å². The lowest BCUT2D eigenvalue weighted by Gasteiger charge is -2.20. The first-order valence-electron chi connectivity index (χ1n) is 10.8. The number of fused-ring (bicyclic) bond motifs is 5. The summed E-state index contributed by atoms with van der Waals surface area (Å²) < 4.78 is 4.86. The van der Waals surface area contributed by atoms with E-state index in [1.54, 1.807) is 0 Å². The van der Waals surface area contributed by atoms with Crippen LogP contribution >= 0.6 is 0 Å². The number of aromatic nitrogens is 2. The average molecular weight is 408 g/mol. The Bertz CT molecular complexity index is 1650. The minimum Gasteiger partial charge on any atom is -0.307 e. The van der Waals surface area contributed by atoms with Gasteiger partial charge in [-0.2, -0.15) is 0 Å². The molecule has 0 aliphatic heterocycles. The molecule has 0 bridgehead atoms. The summed E-state index contributed by atoms with van der Waals surface area (Å²) in [5.41, 5.74) is 8.02. The molecule has 3 aromatic heterocycles. The highest BCUT2D eigenvalue weighted by atomic mass is 28.3. The summed E-state index contributed by atoms with van der Waals surface area (Å²) in [5.74, 6) is 0. The van der Waals surface area contributed by atoms with E-state index in [0.717, 1.165) is 0 Å². The predicted molar refractivity (Wildman–Crippen MR) is 132 cm³/mol. The van der Waals surface area contributed by atoms with Gasteiger partial charge in [0, 0.05) is 16.8 Å². The normalized spacial score (nSPS) is 13.0. The van der Waals surface area contributed by atoms with Crippen LogP contribution in [0.4, 0.5) is 0 Å². The summed E-state index contributed by atoms with van der Waals surface area (Å²) in [4.78, 5) is 0. The standard InChI is InChI=1S/C27H27N2Si/c1-16-7-10-22-21(13-16)20-9-8-17(2)24-26(20)29(22)23-15-19(30(4,5)6)14-18-11-12-28(3)27(24)25(18)23/h7-15H,1-6H3/q+1. The van der Waals surface area contributed by atoms with Crippen LogP contribution in [-0.2, 0) is 7.05 Å². The van der Waals surface area contributed by atoms with Crippen LogP contribution in [0.1, 0.15) is 11.1 Å². The summed E-state index contributed by atoms with van der Waals surface area (Å²) in [6.07, 6.45) is 2.23. The van der Waals surface area contributed by atoms with Gasteiger partial charge in [-0.1, -0.05) is 54.7 Å². The molecule has 0 aliphatic rings. The predicted octanol–water partition coefficient (Wildman–Crippen LogP) is 5.98. The van der Waals surface area contributed by atoms with Crippen molar-refractivity contribution in [3.8, 4) is 0 Å². The molecule has 0 atom stereocenters. The number of benzene rings is 3. The van der Waals surface area contributed by atoms with Crippen LogP contribution in [0.15, 0.2) is 54.7 Å². The van der Waals surface area contributed by atoms with Crippen LogP contribution in [0.3, 0.4) is 0 Å². The molecule has 0 saturated carbocycles. The monoisotopic (exact) mass is 407 g/mol. The molecule has 0 radical (unpaired) electrons. The summed E-state index contributed by atoms with van der Waals surface area (Å²) in [6.45, 7) is 11.8. The Labute approximate surface area is 177 Å². The van der Waals surface area contributed by atoms with Gasteiger partial charge in [-0.05, 0) is 43.0 Å². The van der Waals surface area contributed by atoms with Gasteiger partial charge in [0.1, 0.15) is 7.05 Å². The van der Waals surface area contributed by atoms with Gasteiger partial charge in [-0.25, -0.2) is 4.57 Å². The maximum absolute atomic E-state index is 2.55. The fourth-order valence-electron chi connectivity index (χ4n) is 5.26. The zero-order valence-electron chi connectivity index (χ0n) is 18.6. The minimum atomic E-state index is -1.47. The molecule has 3 aromatic carbocycles. The summed E-state index contributed by atoms with van der Waals surface area (Å²) in [7, 11) is 0.719. The van der Waals surface area contributed by atoms with Gasteiger partial charge in [0.25, 0.3) is 0 Å². The van der Waals surface area contributed by atoms with Crippen molar-refractivity contribution in [1.82, 2.24) is 4.40 Å². The third-order valence-electron chi connectivity index (χ3n) is 6.85. The highest BCUT2D eigenvalue weighted by Gasteiger charge is 2.26. The smallest absolute Gasteiger partial charge is 0.224 e. The Hall–Kier alpha value is -2.91. The summed E-state index contributed by atoms with van der Waals surface area (Å²) >= 11 is 0. The molecule has 0 amide bonds. The van der Waals surface area contributed by atoms with Crippen molar-refractivity contribution in [2.24, 2.45) is 7.05 Å². The van der Waals surface area contributed by atoms with E-state index in [9.17, 15) is 0 Å². The van der Waals surface area contributed by atoms with E-state index in [0.29, 0.717) is 0 Å². The third-order valence-corrected chi connectivity index (χ3v) is 8.87. The first-order chi connectivity index (χ1) is 14.3. The zero-order chi connectivity index (χ0) is 20.9. The Morgan fingerprint density at radius 2 is 1.60 bits per heavy atom. The van der Waals surface area contributed by atoms with Crippen molar-refractivity contribution in [3.05, 3.63) is 65.9 Å². The van der Waals surface area contributed by atoms with Crippen LogP contribution in [0.2, 0.25) is 19.6 Å². The second-order valence-electron chi connectivity index (χ2n) is 9.99. The average Bonchev–Trinajstić information content (AvgIpc) is 3.01. The number of aryl methyl sites for hydroxylation is 3. The van der Waals surface area contributed by atoms with Crippen molar-refractivity contribution in [2.75, 3.05) is 0 Å². The maximum atomic E-state index is 2.55. The SMILES string of the molecule is Cc1ccc2c(c1)c1ccc(C)c3c1n2c1cc([Si](C)(C)C)cc2cc[n+](C)c3c21. The molecule has 0 aliphatic carbocycles. The number of nitrogens with zero attached hydrogens (tertiary/aromatic N) is 2. The molecule has 0 saturated heterocycles. The van der Waals surface area contributed by atoms with Gasteiger partial charge in [-0.3, -0.25) is 0 Å². The van der Waals surface area contributed by atoms with Gasteiger partial charge >= 0.3 is 0 Å². The quantitative estimate of drug-likeness (QED) is 0.137. The van der Waals surface area contributed by atoms with Crippen molar-refractivity contribution < 1.29 is 4.57 Å². The molecule has 0 spiro atoms. The lowest BCUT2D eigenvalue weighted by Crippen LogP contribution is -2.38. The largest absolute Gasteiger partial charge is 0.307 e. The highest BCUT2D eigenvalue weighted by Crippen LogP contribution is 2.40. The fourth-order valence-corrected chi connectivity index (χ4v) is 6.42. The van der Waals surface area contributed by atoms with E-state index in [2.05, 4.69) is 104 Å². The Morgan fingerprint density at radius 1 is 0.800 bits per heavy atom. The van der Waals surface area contributed by atoms with Crippen LogP contribution in [0.25, 0.3) is 49.0 Å². The first kappa shape index (κ1) is 17.9. The highest BCUT2D eigenvalue weighted by molar-refractivity contribution is 6.89. The topological polar surface area (TPSA) is 8.29 Å². The zero-order valence-corrected chi connectivity index (χ0v) is 19.6. The van der Waals surface area contributed by atoms with Crippen LogP contribution in [-0.4, -0.2) is 12.5 Å². The molecule has 148 valence electrons. The second kappa shape index (κ2) is 5.61. The lowest BCUT2D eigenvalue weighted by molar-refractivity contribution is -0.643. The molecule has 30 heavy (non-hydrogen) atoms. The van der Waals surface area contributed by atoms with E-state index in [-0.39, 0.29) is 0 Å². The van der Waals surface area contributed by atoms with E-state index in [4.69, 9.17) is 0 Å².